The molecule has 4 rings (SSSR count). The molecule has 0 fully saturated rings. The van der Waals surface area contributed by atoms with Crippen molar-refractivity contribution in [3.05, 3.63) is 58.0 Å². The Hall–Kier alpha value is -2.91. The molecule has 1 aromatic heterocycles. The lowest BCUT2D eigenvalue weighted by Crippen LogP contribution is -2.42. The molecule has 30 heavy (non-hydrogen) atoms. The van der Waals surface area contributed by atoms with Gasteiger partial charge in [-0.05, 0) is 30.3 Å². The highest BCUT2D eigenvalue weighted by Crippen LogP contribution is 2.35. The molecule has 0 N–H and O–H groups in total. The van der Waals surface area contributed by atoms with Crippen LogP contribution in [0.25, 0.3) is 10.6 Å². The monoisotopic (exact) mass is 488 g/mol. The van der Waals surface area contributed by atoms with E-state index in [0.29, 0.717) is 22.9 Å². The summed E-state index contributed by atoms with van der Waals surface area (Å²) in [5.74, 6) is 0.468. The molecule has 2 aromatic carbocycles. The summed E-state index contributed by atoms with van der Waals surface area (Å²) in [5, 5.41) is 2.59. The molecule has 0 bridgehead atoms. The molecule has 1 aliphatic rings. The Labute approximate surface area is 185 Å². The molecular formula is C21H17BrN2O5S. The van der Waals surface area contributed by atoms with Crippen LogP contribution in [0, 0.1) is 0 Å². The predicted molar refractivity (Wildman–Crippen MR) is 116 cm³/mol. The summed E-state index contributed by atoms with van der Waals surface area (Å²) in [6.45, 7) is -0.268. The average molecular weight is 489 g/mol. The molecule has 0 saturated carbocycles. The van der Waals surface area contributed by atoms with Gasteiger partial charge in [0, 0.05) is 9.85 Å². The first-order valence-corrected chi connectivity index (χ1v) is 10.7. The van der Waals surface area contributed by atoms with E-state index >= 15 is 0 Å². The smallest absolute Gasteiger partial charge is 0.326 e. The van der Waals surface area contributed by atoms with Crippen LogP contribution in [-0.4, -0.2) is 37.1 Å². The van der Waals surface area contributed by atoms with Crippen molar-refractivity contribution in [2.24, 2.45) is 0 Å². The van der Waals surface area contributed by atoms with E-state index in [2.05, 4.69) is 20.9 Å². The lowest BCUT2D eigenvalue weighted by molar-refractivity contribution is -0.144. The van der Waals surface area contributed by atoms with Crippen molar-refractivity contribution < 1.29 is 23.8 Å². The molecule has 3 aromatic rings. The van der Waals surface area contributed by atoms with E-state index in [1.807, 2.05) is 29.6 Å². The normalized spacial score (nSPS) is 12.9. The molecule has 0 spiro atoms. The van der Waals surface area contributed by atoms with Crippen LogP contribution in [0.15, 0.2) is 52.3 Å². The highest BCUT2D eigenvalue weighted by molar-refractivity contribution is 9.10. The molecule has 0 aliphatic carbocycles. The highest BCUT2D eigenvalue weighted by Gasteiger charge is 2.27. The molecule has 1 aliphatic heterocycles. The van der Waals surface area contributed by atoms with Gasteiger partial charge in [-0.15, -0.1) is 11.3 Å². The number of hydrogen-bond donors (Lipinski definition) is 0. The third-order valence-corrected chi connectivity index (χ3v) is 5.84. The molecule has 1 amide bonds. The lowest BCUT2D eigenvalue weighted by atomic mass is 10.2. The van der Waals surface area contributed by atoms with Gasteiger partial charge in [0.15, 0.2) is 6.61 Å². The lowest BCUT2D eigenvalue weighted by Gasteiger charge is -2.28. The summed E-state index contributed by atoms with van der Waals surface area (Å²) in [7, 11) is 1.61. The van der Waals surface area contributed by atoms with Crippen molar-refractivity contribution >= 4 is 44.8 Å². The van der Waals surface area contributed by atoms with Crippen molar-refractivity contribution in [3.8, 4) is 22.1 Å². The van der Waals surface area contributed by atoms with Gasteiger partial charge in [0.1, 0.15) is 29.7 Å². The summed E-state index contributed by atoms with van der Waals surface area (Å²) in [6, 6.07) is 12.8. The fourth-order valence-electron chi connectivity index (χ4n) is 3.00. The van der Waals surface area contributed by atoms with Crippen molar-refractivity contribution in [2.45, 2.75) is 6.61 Å². The zero-order chi connectivity index (χ0) is 21.1. The number of nitrogens with zero attached hydrogens (tertiary/aromatic N) is 2. The number of thiazole rings is 1. The van der Waals surface area contributed by atoms with Gasteiger partial charge < -0.3 is 14.2 Å². The van der Waals surface area contributed by atoms with Crippen LogP contribution in [0.5, 0.6) is 11.5 Å². The molecule has 7 nitrogen and oxygen atoms in total. The Morgan fingerprint density at radius 1 is 1.30 bits per heavy atom. The average Bonchev–Trinajstić information content (AvgIpc) is 3.23. The predicted octanol–water partition coefficient (Wildman–Crippen LogP) is 4.05. The van der Waals surface area contributed by atoms with Gasteiger partial charge in [-0.2, -0.15) is 0 Å². The summed E-state index contributed by atoms with van der Waals surface area (Å²) in [5.41, 5.74) is 2.03. The minimum Gasteiger partial charge on any atom is -0.496 e. The molecule has 154 valence electrons. The number of anilines is 1. The first-order valence-electron chi connectivity index (χ1n) is 9.01. The number of rotatable bonds is 6. The Morgan fingerprint density at radius 3 is 2.97 bits per heavy atom. The Balaban J connectivity index is 1.41. The van der Waals surface area contributed by atoms with E-state index in [9.17, 15) is 9.59 Å². The molecule has 0 atom stereocenters. The van der Waals surface area contributed by atoms with E-state index in [4.69, 9.17) is 14.2 Å². The van der Waals surface area contributed by atoms with Crippen LogP contribution in [0.1, 0.15) is 5.69 Å². The number of aromatic nitrogens is 1. The second kappa shape index (κ2) is 8.85. The Morgan fingerprint density at radius 2 is 2.13 bits per heavy atom. The maximum atomic E-state index is 12.4. The molecule has 9 heteroatoms. The quantitative estimate of drug-likeness (QED) is 0.487. The Bertz CT molecular complexity index is 1100. The maximum Gasteiger partial charge on any atom is 0.326 e. The Kier molecular flexibility index (Phi) is 6.01. The largest absolute Gasteiger partial charge is 0.496 e. The number of halogens is 1. The molecule has 0 radical (unpaired) electrons. The number of ether oxygens (including phenoxy) is 3. The van der Waals surface area contributed by atoms with Gasteiger partial charge in [0.25, 0.3) is 5.91 Å². The number of esters is 1. The number of benzene rings is 2. The van der Waals surface area contributed by atoms with Crippen molar-refractivity contribution in [3.63, 3.8) is 0 Å². The second-order valence-electron chi connectivity index (χ2n) is 6.39. The number of hydrogen-bond acceptors (Lipinski definition) is 7. The van der Waals surface area contributed by atoms with Crippen LogP contribution in [0.2, 0.25) is 0 Å². The van der Waals surface area contributed by atoms with Crippen LogP contribution in [0.4, 0.5) is 5.69 Å². The number of para-hydroxylation sites is 2. The van der Waals surface area contributed by atoms with E-state index in [0.717, 1.165) is 15.0 Å². The van der Waals surface area contributed by atoms with Crippen LogP contribution < -0.4 is 14.4 Å². The van der Waals surface area contributed by atoms with Gasteiger partial charge >= 0.3 is 5.97 Å². The standard InChI is InChI=1S/C21H17BrN2O5S/c1-27-17-7-6-13(22)8-15(17)21-23-14(12-30-21)10-29-20(26)9-24-16-4-2-3-5-18(16)28-11-19(24)25/h2-8,12H,9-11H2,1H3. The minimum absolute atomic E-state index is 0.0197. The summed E-state index contributed by atoms with van der Waals surface area (Å²) >= 11 is 4.89. The summed E-state index contributed by atoms with van der Waals surface area (Å²) in [6.07, 6.45) is 0. The number of fused-ring (bicyclic) bond motifs is 1. The maximum absolute atomic E-state index is 12.4. The molecule has 0 saturated heterocycles. The van der Waals surface area contributed by atoms with Gasteiger partial charge in [-0.1, -0.05) is 28.1 Å². The SMILES string of the molecule is COc1ccc(Br)cc1-c1nc(COC(=O)CN2C(=O)COc3ccccc32)cs1. The first-order chi connectivity index (χ1) is 14.5. The van der Waals surface area contributed by atoms with Crippen LogP contribution >= 0.6 is 27.3 Å². The topological polar surface area (TPSA) is 78.0 Å². The van der Waals surface area contributed by atoms with Crippen LogP contribution in [-0.2, 0) is 20.9 Å². The fraction of sp³-hybridized carbons (Fsp3) is 0.190. The number of methoxy groups -OCH3 is 1. The van der Waals surface area contributed by atoms with Gasteiger partial charge in [0.2, 0.25) is 0 Å². The van der Waals surface area contributed by atoms with E-state index in [1.54, 1.807) is 25.3 Å². The van der Waals surface area contributed by atoms with E-state index < -0.39 is 5.97 Å². The molecular weight excluding hydrogens is 472 g/mol. The zero-order valence-corrected chi connectivity index (χ0v) is 18.4. The number of carbonyl (C=O) groups excluding carboxylic acids is 2. The molecule has 0 unspecified atom stereocenters. The van der Waals surface area contributed by atoms with E-state index in [1.165, 1.54) is 16.2 Å². The summed E-state index contributed by atoms with van der Waals surface area (Å²) in [4.78, 5) is 30.5. The van der Waals surface area contributed by atoms with Gasteiger partial charge in [-0.25, -0.2) is 4.98 Å². The number of carbonyl (C=O) groups is 2. The highest BCUT2D eigenvalue weighted by atomic mass is 79.9. The van der Waals surface area contributed by atoms with Crippen molar-refractivity contribution in [2.75, 3.05) is 25.2 Å². The van der Waals surface area contributed by atoms with Crippen molar-refractivity contribution in [1.82, 2.24) is 4.98 Å². The van der Waals surface area contributed by atoms with E-state index in [-0.39, 0.29) is 25.7 Å². The van der Waals surface area contributed by atoms with Gasteiger partial charge in [0.05, 0.1) is 24.1 Å². The third kappa shape index (κ3) is 4.31. The second-order valence-corrected chi connectivity index (χ2v) is 8.16. The van der Waals surface area contributed by atoms with Crippen LogP contribution in [0.3, 0.4) is 0 Å². The third-order valence-electron chi connectivity index (χ3n) is 4.42. The first kappa shape index (κ1) is 20.4. The number of amides is 1. The fourth-order valence-corrected chi connectivity index (χ4v) is 4.19. The van der Waals surface area contributed by atoms with Gasteiger partial charge in [-0.3, -0.25) is 14.5 Å². The summed E-state index contributed by atoms with van der Waals surface area (Å²) < 4.78 is 17.0. The minimum atomic E-state index is -0.519. The van der Waals surface area contributed by atoms with Crippen molar-refractivity contribution in [1.29, 1.82) is 0 Å². The molecule has 2 heterocycles. The zero-order valence-electron chi connectivity index (χ0n) is 16.0.